The molecule has 0 fully saturated rings. The van der Waals surface area contributed by atoms with Gasteiger partial charge in [-0.2, -0.15) is 0 Å². The normalized spacial score (nSPS) is 16.3. The summed E-state index contributed by atoms with van der Waals surface area (Å²) in [7, 11) is 0. The van der Waals surface area contributed by atoms with E-state index >= 15 is 0 Å². The third kappa shape index (κ3) is 3.24. The van der Waals surface area contributed by atoms with Gasteiger partial charge in [-0.05, 0) is 56.0 Å². The minimum atomic E-state index is 0.195. The summed E-state index contributed by atoms with van der Waals surface area (Å²) in [6.45, 7) is 6.95. The number of nitrogens with zero attached hydrogens (tertiary/aromatic N) is 1. The summed E-state index contributed by atoms with van der Waals surface area (Å²) in [5, 5.41) is 3.40. The summed E-state index contributed by atoms with van der Waals surface area (Å²) in [6, 6.07) is 14.8. The van der Waals surface area contributed by atoms with Crippen molar-refractivity contribution in [2.75, 3.05) is 16.8 Å². The molecule has 1 heterocycles. The van der Waals surface area contributed by atoms with E-state index in [-0.39, 0.29) is 11.9 Å². The van der Waals surface area contributed by atoms with Crippen molar-refractivity contribution in [1.29, 1.82) is 0 Å². The van der Waals surface area contributed by atoms with E-state index in [1.54, 1.807) is 0 Å². The summed E-state index contributed by atoms with van der Waals surface area (Å²) in [6.07, 6.45) is 1.46. The Morgan fingerprint density at radius 3 is 2.83 bits per heavy atom. The first-order valence-electron chi connectivity index (χ1n) is 8.27. The SMILES string of the molecule is Cc1ccc(C)c(NCCC(=O)N2c3ccccc3CC2C)c1. The molecule has 0 spiro atoms. The maximum atomic E-state index is 12.6. The number of hydrogen-bond donors (Lipinski definition) is 1. The van der Waals surface area contributed by atoms with Gasteiger partial charge in [0.2, 0.25) is 5.91 Å². The lowest BCUT2D eigenvalue weighted by Gasteiger charge is -2.23. The largest absolute Gasteiger partial charge is 0.384 e. The fourth-order valence-electron chi connectivity index (χ4n) is 3.30. The van der Waals surface area contributed by atoms with Crippen LogP contribution in [0.15, 0.2) is 42.5 Å². The van der Waals surface area contributed by atoms with Crippen molar-refractivity contribution in [1.82, 2.24) is 0 Å². The molecule has 120 valence electrons. The molecule has 0 bridgehead atoms. The van der Waals surface area contributed by atoms with E-state index in [2.05, 4.69) is 56.4 Å². The smallest absolute Gasteiger partial charge is 0.229 e. The maximum Gasteiger partial charge on any atom is 0.229 e. The van der Waals surface area contributed by atoms with Gasteiger partial charge in [0.1, 0.15) is 0 Å². The van der Waals surface area contributed by atoms with Crippen molar-refractivity contribution in [2.45, 2.75) is 39.7 Å². The number of fused-ring (bicyclic) bond motifs is 1. The highest BCUT2D eigenvalue weighted by atomic mass is 16.2. The molecule has 3 rings (SSSR count). The van der Waals surface area contributed by atoms with Crippen LogP contribution in [0.4, 0.5) is 11.4 Å². The van der Waals surface area contributed by atoms with Gasteiger partial charge < -0.3 is 10.2 Å². The van der Waals surface area contributed by atoms with Crippen LogP contribution in [0, 0.1) is 13.8 Å². The Morgan fingerprint density at radius 1 is 1.22 bits per heavy atom. The quantitative estimate of drug-likeness (QED) is 0.923. The van der Waals surface area contributed by atoms with E-state index < -0.39 is 0 Å². The van der Waals surface area contributed by atoms with Gasteiger partial charge in [-0.3, -0.25) is 4.79 Å². The van der Waals surface area contributed by atoms with E-state index in [0.29, 0.717) is 13.0 Å². The van der Waals surface area contributed by atoms with Crippen LogP contribution in [0.3, 0.4) is 0 Å². The first-order chi connectivity index (χ1) is 11.1. The lowest BCUT2D eigenvalue weighted by Crippen LogP contribution is -2.36. The van der Waals surface area contributed by atoms with Gasteiger partial charge in [0.25, 0.3) is 0 Å². The first-order valence-corrected chi connectivity index (χ1v) is 8.27. The molecule has 3 nitrogen and oxygen atoms in total. The van der Waals surface area contributed by atoms with E-state index in [1.165, 1.54) is 16.7 Å². The van der Waals surface area contributed by atoms with Gasteiger partial charge in [0, 0.05) is 30.4 Å². The molecule has 2 aromatic carbocycles. The Hall–Kier alpha value is -2.29. The predicted molar refractivity (Wildman–Crippen MR) is 96.1 cm³/mol. The van der Waals surface area contributed by atoms with Crippen LogP contribution in [-0.2, 0) is 11.2 Å². The van der Waals surface area contributed by atoms with Gasteiger partial charge in [-0.1, -0.05) is 30.3 Å². The molecule has 1 aliphatic rings. The average Bonchev–Trinajstić information content (AvgIpc) is 2.86. The number of amides is 1. The van der Waals surface area contributed by atoms with Crippen LogP contribution in [0.25, 0.3) is 0 Å². The highest BCUT2D eigenvalue weighted by Gasteiger charge is 2.29. The second-order valence-electron chi connectivity index (χ2n) is 6.44. The lowest BCUT2D eigenvalue weighted by atomic mass is 10.1. The summed E-state index contributed by atoms with van der Waals surface area (Å²) in [4.78, 5) is 14.6. The van der Waals surface area contributed by atoms with Crippen LogP contribution in [0.2, 0.25) is 0 Å². The zero-order valence-electron chi connectivity index (χ0n) is 14.1. The monoisotopic (exact) mass is 308 g/mol. The molecule has 0 aliphatic carbocycles. The summed E-state index contributed by atoms with van der Waals surface area (Å²) in [5.74, 6) is 0.195. The number of aryl methyl sites for hydroxylation is 2. The lowest BCUT2D eigenvalue weighted by molar-refractivity contribution is -0.118. The molecule has 23 heavy (non-hydrogen) atoms. The molecule has 0 radical (unpaired) electrons. The number of carbonyl (C=O) groups excluding carboxylic acids is 1. The molecule has 1 N–H and O–H groups in total. The van der Waals surface area contributed by atoms with Gasteiger partial charge in [-0.15, -0.1) is 0 Å². The Morgan fingerprint density at radius 2 is 2.00 bits per heavy atom. The predicted octanol–water partition coefficient (Wildman–Crippen LogP) is 4.08. The van der Waals surface area contributed by atoms with Crippen LogP contribution in [0.5, 0.6) is 0 Å². The van der Waals surface area contributed by atoms with E-state index in [9.17, 15) is 4.79 Å². The van der Waals surface area contributed by atoms with Crippen molar-refractivity contribution >= 4 is 17.3 Å². The second kappa shape index (κ2) is 6.45. The number of carbonyl (C=O) groups is 1. The van der Waals surface area contributed by atoms with Gasteiger partial charge >= 0.3 is 0 Å². The summed E-state index contributed by atoms with van der Waals surface area (Å²) in [5.41, 5.74) is 5.91. The third-order valence-corrected chi connectivity index (χ3v) is 4.52. The Kier molecular flexibility index (Phi) is 4.37. The van der Waals surface area contributed by atoms with Crippen molar-refractivity contribution < 1.29 is 4.79 Å². The number of anilines is 2. The van der Waals surface area contributed by atoms with Crippen LogP contribution in [0.1, 0.15) is 30.0 Å². The zero-order chi connectivity index (χ0) is 16.4. The number of para-hydroxylation sites is 1. The standard InChI is InChI=1S/C20H24N2O/c1-14-8-9-15(2)18(12-14)21-11-10-20(23)22-16(3)13-17-6-4-5-7-19(17)22/h4-9,12,16,21H,10-11,13H2,1-3H3. The van der Waals surface area contributed by atoms with Crippen molar-refractivity contribution in [2.24, 2.45) is 0 Å². The van der Waals surface area contributed by atoms with Crippen LogP contribution < -0.4 is 10.2 Å². The Labute approximate surface area is 138 Å². The molecule has 1 aliphatic heterocycles. The van der Waals surface area contributed by atoms with Crippen LogP contribution >= 0.6 is 0 Å². The van der Waals surface area contributed by atoms with Gasteiger partial charge in [0.05, 0.1) is 0 Å². The molecule has 1 amide bonds. The average molecular weight is 308 g/mol. The molecule has 0 aromatic heterocycles. The molecule has 3 heteroatoms. The second-order valence-corrected chi connectivity index (χ2v) is 6.44. The van der Waals surface area contributed by atoms with E-state index in [0.717, 1.165) is 17.8 Å². The van der Waals surface area contributed by atoms with Gasteiger partial charge in [0.15, 0.2) is 0 Å². The van der Waals surface area contributed by atoms with Crippen molar-refractivity contribution in [3.05, 3.63) is 59.2 Å². The molecule has 1 unspecified atom stereocenters. The van der Waals surface area contributed by atoms with Crippen LogP contribution in [-0.4, -0.2) is 18.5 Å². The molecule has 2 aromatic rings. The highest BCUT2D eigenvalue weighted by molar-refractivity contribution is 5.96. The van der Waals surface area contributed by atoms with Crippen molar-refractivity contribution in [3.63, 3.8) is 0 Å². The Balaban J connectivity index is 1.63. The molecular weight excluding hydrogens is 284 g/mol. The summed E-state index contributed by atoms with van der Waals surface area (Å²) >= 11 is 0. The first kappa shape index (κ1) is 15.6. The fraction of sp³-hybridized carbons (Fsp3) is 0.350. The third-order valence-electron chi connectivity index (χ3n) is 4.52. The Bertz CT molecular complexity index is 723. The number of nitrogens with one attached hydrogen (secondary N) is 1. The molecule has 1 atom stereocenters. The summed E-state index contributed by atoms with van der Waals surface area (Å²) < 4.78 is 0. The fourth-order valence-corrected chi connectivity index (χ4v) is 3.30. The minimum Gasteiger partial charge on any atom is -0.384 e. The van der Waals surface area contributed by atoms with E-state index in [1.807, 2.05) is 17.0 Å². The number of hydrogen-bond acceptors (Lipinski definition) is 2. The topological polar surface area (TPSA) is 32.3 Å². The number of rotatable bonds is 4. The number of benzene rings is 2. The van der Waals surface area contributed by atoms with Gasteiger partial charge in [-0.25, -0.2) is 0 Å². The van der Waals surface area contributed by atoms with Crippen molar-refractivity contribution in [3.8, 4) is 0 Å². The molecule has 0 saturated heterocycles. The molecular formula is C20H24N2O. The molecule has 0 saturated carbocycles. The minimum absolute atomic E-state index is 0.195. The maximum absolute atomic E-state index is 12.6. The zero-order valence-corrected chi connectivity index (χ0v) is 14.1. The highest BCUT2D eigenvalue weighted by Crippen LogP contribution is 2.32. The van der Waals surface area contributed by atoms with E-state index in [4.69, 9.17) is 0 Å².